The van der Waals surface area contributed by atoms with Crippen LogP contribution in [0.15, 0.2) is 12.1 Å². The molecular weight excluding hydrogens is 252 g/mol. The Balaban J connectivity index is 2.16. The highest BCUT2D eigenvalue weighted by atomic mass is 19.2. The summed E-state index contributed by atoms with van der Waals surface area (Å²) in [5.41, 5.74) is 0.0342. The summed E-state index contributed by atoms with van der Waals surface area (Å²) in [4.78, 5) is 12.1. The van der Waals surface area contributed by atoms with E-state index >= 15 is 0 Å². The maximum absolute atomic E-state index is 13.5. The van der Waals surface area contributed by atoms with Crippen LogP contribution in [0.2, 0.25) is 0 Å². The molecule has 0 bridgehead atoms. The van der Waals surface area contributed by atoms with E-state index in [2.05, 4.69) is 5.32 Å². The minimum atomic E-state index is -1.13. The second-order valence-electron chi connectivity index (χ2n) is 4.75. The number of methoxy groups -OCH3 is 1. The van der Waals surface area contributed by atoms with E-state index in [0.29, 0.717) is 0 Å². The van der Waals surface area contributed by atoms with Gasteiger partial charge in [0, 0.05) is 6.04 Å². The molecule has 5 heteroatoms. The van der Waals surface area contributed by atoms with Gasteiger partial charge in [0.05, 0.1) is 12.7 Å². The molecule has 0 aromatic heterocycles. The molecule has 1 aliphatic rings. The van der Waals surface area contributed by atoms with Crippen molar-refractivity contribution in [1.29, 1.82) is 0 Å². The van der Waals surface area contributed by atoms with Gasteiger partial charge in [0.2, 0.25) is 5.82 Å². The third-order valence-electron chi connectivity index (χ3n) is 3.44. The first-order valence-electron chi connectivity index (χ1n) is 6.46. The van der Waals surface area contributed by atoms with E-state index in [0.717, 1.165) is 31.7 Å². The van der Waals surface area contributed by atoms with Gasteiger partial charge in [-0.25, -0.2) is 4.39 Å². The predicted molar refractivity (Wildman–Crippen MR) is 67.2 cm³/mol. The third-order valence-corrected chi connectivity index (χ3v) is 3.44. The molecule has 0 spiro atoms. The van der Waals surface area contributed by atoms with Crippen LogP contribution >= 0.6 is 0 Å². The second kappa shape index (κ2) is 5.99. The Bertz CT molecular complexity index is 471. The lowest BCUT2D eigenvalue weighted by molar-refractivity contribution is 0.0923. The number of ether oxygens (including phenoxy) is 1. The van der Waals surface area contributed by atoms with Gasteiger partial charge >= 0.3 is 0 Å². The third kappa shape index (κ3) is 3.03. The van der Waals surface area contributed by atoms with Crippen molar-refractivity contribution in [3.05, 3.63) is 29.3 Å². The summed E-state index contributed by atoms with van der Waals surface area (Å²) in [5.74, 6) is -2.90. The number of rotatable bonds is 3. The zero-order valence-corrected chi connectivity index (χ0v) is 10.8. The summed E-state index contributed by atoms with van der Waals surface area (Å²) in [6.07, 6.45) is 5.20. The van der Waals surface area contributed by atoms with Crippen molar-refractivity contribution in [2.45, 2.75) is 38.1 Å². The van der Waals surface area contributed by atoms with Crippen molar-refractivity contribution in [1.82, 2.24) is 5.32 Å². The summed E-state index contributed by atoms with van der Waals surface area (Å²) < 4.78 is 31.4. The Labute approximate surface area is 111 Å². The Hall–Kier alpha value is -1.65. The van der Waals surface area contributed by atoms with Gasteiger partial charge in [-0.05, 0) is 25.0 Å². The van der Waals surface area contributed by atoms with Crippen LogP contribution < -0.4 is 10.1 Å². The van der Waals surface area contributed by atoms with E-state index in [-0.39, 0.29) is 17.4 Å². The Morgan fingerprint density at radius 3 is 2.58 bits per heavy atom. The summed E-state index contributed by atoms with van der Waals surface area (Å²) in [7, 11) is 1.22. The molecule has 1 aromatic carbocycles. The molecule has 0 atom stereocenters. The predicted octanol–water partition coefficient (Wildman–Crippen LogP) is 3.04. The van der Waals surface area contributed by atoms with E-state index in [4.69, 9.17) is 4.74 Å². The van der Waals surface area contributed by atoms with Gasteiger partial charge < -0.3 is 10.1 Å². The molecule has 1 N–H and O–H groups in total. The molecule has 1 fully saturated rings. The number of halogens is 2. The smallest absolute Gasteiger partial charge is 0.255 e. The van der Waals surface area contributed by atoms with Crippen molar-refractivity contribution in [2.75, 3.05) is 7.11 Å². The van der Waals surface area contributed by atoms with Crippen LogP contribution in [0, 0.1) is 11.6 Å². The highest BCUT2D eigenvalue weighted by Crippen LogP contribution is 2.25. The highest BCUT2D eigenvalue weighted by Gasteiger charge is 2.22. The fourth-order valence-electron chi connectivity index (χ4n) is 2.42. The monoisotopic (exact) mass is 269 g/mol. The Morgan fingerprint density at radius 1 is 1.26 bits per heavy atom. The molecule has 0 radical (unpaired) electrons. The van der Waals surface area contributed by atoms with Crippen molar-refractivity contribution in [3.8, 4) is 5.75 Å². The van der Waals surface area contributed by atoms with Crippen LogP contribution in [-0.2, 0) is 0 Å². The second-order valence-corrected chi connectivity index (χ2v) is 4.75. The van der Waals surface area contributed by atoms with Crippen molar-refractivity contribution >= 4 is 5.91 Å². The minimum absolute atomic E-state index is 0.0342. The lowest BCUT2D eigenvalue weighted by Crippen LogP contribution is -2.36. The zero-order chi connectivity index (χ0) is 13.8. The van der Waals surface area contributed by atoms with E-state index in [9.17, 15) is 13.6 Å². The van der Waals surface area contributed by atoms with Crippen LogP contribution in [0.4, 0.5) is 8.78 Å². The van der Waals surface area contributed by atoms with Gasteiger partial charge in [-0.15, -0.1) is 0 Å². The molecule has 1 aromatic rings. The number of hydrogen-bond donors (Lipinski definition) is 1. The van der Waals surface area contributed by atoms with Crippen LogP contribution in [0.25, 0.3) is 0 Å². The van der Waals surface area contributed by atoms with Crippen LogP contribution in [-0.4, -0.2) is 19.1 Å². The molecule has 3 nitrogen and oxygen atoms in total. The number of carbonyl (C=O) groups excluding carboxylic acids is 1. The van der Waals surface area contributed by atoms with Gasteiger partial charge in [0.15, 0.2) is 11.6 Å². The standard InChI is InChI=1S/C14H17F2NO2/c1-19-13-10(7-8-11(15)12(13)16)14(18)17-9-5-3-2-4-6-9/h7-9H,2-6H2,1H3,(H,17,18). The average Bonchev–Trinajstić information content (AvgIpc) is 2.42. The van der Waals surface area contributed by atoms with Crippen molar-refractivity contribution < 1.29 is 18.3 Å². The van der Waals surface area contributed by atoms with Crippen LogP contribution in [0.1, 0.15) is 42.5 Å². The topological polar surface area (TPSA) is 38.3 Å². The average molecular weight is 269 g/mol. The summed E-state index contributed by atoms with van der Waals surface area (Å²) in [6, 6.07) is 2.29. The van der Waals surface area contributed by atoms with Gasteiger partial charge in [-0.2, -0.15) is 4.39 Å². The lowest BCUT2D eigenvalue weighted by Gasteiger charge is -2.23. The van der Waals surface area contributed by atoms with Gasteiger partial charge in [-0.3, -0.25) is 4.79 Å². The molecule has 0 heterocycles. The molecule has 1 saturated carbocycles. The van der Waals surface area contributed by atoms with Crippen molar-refractivity contribution in [3.63, 3.8) is 0 Å². The molecule has 0 aliphatic heterocycles. The Morgan fingerprint density at radius 2 is 1.95 bits per heavy atom. The van der Waals surface area contributed by atoms with E-state index < -0.39 is 17.5 Å². The van der Waals surface area contributed by atoms with Gasteiger partial charge in [0.1, 0.15) is 0 Å². The molecule has 0 saturated heterocycles. The molecule has 2 rings (SSSR count). The maximum Gasteiger partial charge on any atom is 0.255 e. The van der Waals surface area contributed by atoms with Crippen LogP contribution in [0.5, 0.6) is 5.75 Å². The number of amides is 1. The fraction of sp³-hybridized carbons (Fsp3) is 0.500. The SMILES string of the molecule is COc1c(C(=O)NC2CCCCC2)ccc(F)c1F. The van der Waals surface area contributed by atoms with Crippen molar-refractivity contribution in [2.24, 2.45) is 0 Å². The summed E-state index contributed by atoms with van der Waals surface area (Å²) in [6.45, 7) is 0. The number of hydrogen-bond acceptors (Lipinski definition) is 2. The molecule has 1 amide bonds. The first kappa shape index (κ1) is 13.8. The first-order valence-corrected chi connectivity index (χ1v) is 6.46. The maximum atomic E-state index is 13.5. The van der Waals surface area contributed by atoms with E-state index in [1.807, 2.05) is 0 Å². The van der Waals surface area contributed by atoms with E-state index in [1.54, 1.807) is 0 Å². The molecule has 104 valence electrons. The minimum Gasteiger partial charge on any atom is -0.493 e. The lowest BCUT2D eigenvalue weighted by atomic mass is 9.95. The number of carbonyl (C=O) groups is 1. The fourth-order valence-corrected chi connectivity index (χ4v) is 2.42. The first-order chi connectivity index (χ1) is 9.13. The summed E-state index contributed by atoms with van der Waals surface area (Å²) in [5, 5.41) is 2.85. The molecule has 0 unspecified atom stereocenters. The molecular formula is C14H17F2NO2. The molecule has 19 heavy (non-hydrogen) atoms. The highest BCUT2D eigenvalue weighted by molar-refractivity contribution is 5.97. The van der Waals surface area contributed by atoms with E-state index in [1.165, 1.54) is 19.6 Å². The molecule has 1 aliphatic carbocycles. The zero-order valence-electron chi connectivity index (χ0n) is 10.8. The summed E-state index contributed by atoms with van der Waals surface area (Å²) >= 11 is 0. The Kier molecular flexibility index (Phi) is 4.35. The van der Waals surface area contributed by atoms with Gasteiger partial charge in [-0.1, -0.05) is 19.3 Å². The van der Waals surface area contributed by atoms with Crippen LogP contribution in [0.3, 0.4) is 0 Å². The normalized spacial score (nSPS) is 16.2. The largest absolute Gasteiger partial charge is 0.493 e. The quantitative estimate of drug-likeness (QED) is 0.916. The number of nitrogens with one attached hydrogen (secondary N) is 1. The number of benzene rings is 1. The van der Waals surface area contributed by atoms with Gasteiger partial charge in [0.25, 0.3) is 5.91 Å².